The van der Waals surface area contributed by atoms with E-state index in [0.717, 1.165) is 22.6 Å². The highest BCUT2D eigenvalue weighted by Crippen LogP contribution is 2.43. The number of oxazole rings is 1. The van der Waals surface area contributed by atoms with Crippen LogP contribution < -0.4 is 4.74 Å². The van der Waals surface area contributed by atoms with Crippen molar-refractivity contribution in [1.82, 2.24) is 10.0 Å². The van der Waals surface area contributed by atoms with E-state index in [1.807, 2.05) is 55.3 Å². The highest BCUT2D eigenvalue weighted by molar-refractivity contribution is 5.68. The Morgan fingerprint density at radius 2 is 1.83 bits per heavy atom. The molecule has 1 saturated heterocycles. The van der Waals surface area contributed by atoms with Crippen molar-refractivity contribution in [1.29, 1.82) is 0 Å². The lowest BCUT2D eigenvalue weighted by atomic mass is 10.1. The lowest BCUT2D eigenvalue weighted by Gasteiger charge is -2.06. The summed E-state index contributed by atoms with van der Waals surface area (Å²) < 4.78 is 11.0. The first-order chi connectivity index (χ1) is 14.4. The number of aliphatic carboxylic acids is 1. The minimum Gasteiger partial charge on any atom is -0.482 e. The molecule has 1 aromatic heterocycles. The molecular formula is C23H24N2O5. The van der Waals surface area contributed by atoms with Crippen molar-refractivity contribution in [3.05, 3.63) is 71.1 Å². The molecule has 0 bridgehead atoms. The van der Waals surface area contributed by atoms with Crippen molar-refractivity contribution in [2.45, 2.75) is 39.5 Å². The van der Waals surface area contributed by atoms with Crippen LogP contribution >= 0.6 is 0 Å². The Morgan fingerprint density at radius 1 is 1.13 bits per heavy atom. The van der Waals surface area contributed by atoms with Gasteiger partial charge in [-0.3, -0.25) is 4.84 Å². The fourth-order valence-electron chi connectivity index (χ4n) is 3.37. The zero-order valence-corrected chi connectivity index (χ0v) is 17.2. The first-order valence-corrected chi connectivity index (χ1v) is 9.81. The molecule has 1 aliphatic heterocycles. The molecule has 156 valence electrons. The number of aromatic nitrogens is 1. The van der Waals surface area contributed by atoms with Crippen molar-refractivity contribution < 1.29 is 23.9 Å². The third kappa shape index (κ3) is 4.37. The fourth-order valence-corrected chi connectivity index (χ4v) is 3.37. The number of hydrogen-bond donors (Lipinski definition) is 1. The number of hydrogen-bond acceptors (Lipinski definition) is 6. The summed E-state index contributed by atoms with van der Waals surface area (Å²) >= 11 is 0. The lowest BCUT2D eigenvalue weighted by Crippen LogP contribution is -2.09. The van der Waals surface area contributed by atoms with Gasteiger partial charge in [0.15, 0.2) is 6.61 Å². The van der Waals surface area contributed by atoms with E-state index in [9.17, 15) is 4.79 Å². The Hall–Kier alpha value is -3.16. The molecule has 3 unspecified atom stereocenters. The van der Waals surface area contributed by atoms with Crippen molar-refractivity contribution >= 4 is 5.97 Å². The summed E-state index contributed by atoms with van der Waals surface area (Å²) in [6.45, 7) is 6.01. The van der Waals surface area contributed by atoms with Crippen LogP contribution in [0.1, 0.15) is 35.5 Å². The Morgan fingerprint density at radius 3 is 2.50 bits per heavy atom. The van der Waals surface area contributed by atoms with Gasteiger partial charge in [-0.1, -0.05) is 29.8 Å². The summed E-state index contributed by atoms with van der Waals surface area (Å²) in [5.41, 5.74) is 4.00. The standard InChI is InChI=1S/C23H24N2O5/c1-14-4-6-18(7-5-14)23-24-20(16(3)30-23)12-29-25-15(2)22(25)17-8-10-19(11-9-17)28-13-21(26)27/h4-11,15,22H,12-13H2,1-3H3,(H,26,27). The van der Waals surface area contributed by atoms with Gasteiger partial charge in [0.2, 0.25) is 5.89 Å². The number of carboxylic acid groups (broad SMARTS) is 1. The fraction of sp³-hybridized carbons (Fsp3) is 0.304. The number of carboxylic acids is 1. The summed E-state index contributed by atoms with van der Waals surface area (Å²) in [6, 6.07) is 15.8. The van der Waals surface area contributed by atoms with E-state index < -0.39 is 5.97 Å². The van der Waals surface area contributed by atoms with Gasteiger partial charge in [-0.05, 0) is 50.6 Å². The number of benzene rings is 2. The van der Waals surface area contributed by atoms with Gasteiger partial charge in [0, 0.05) is 5.56 Å². The largest absolute Gasteiger partial charge is 0.482 e. The Labute approximate surface area is 174 Å². The number of aryl methyl sites for hydroxylation is 2. The normalized spacial score (nSPS) is 20.2. The summed E-state index contributed by atoms with van der Waals surface area (Å²) in [4.78, 5) is 21.2. The average molecular weight is 408 g/mol. The van der Waals surface area contributed by atoms with Gasteiger partial charge < -0.3 is 14.3 Å². The maximum absolute atomic E-state index is 10.6. The molecule has 7 nitrogen and oxygen atoms in total. The molecule has 7 heteroatoms. The molecule has 0 radical (unpaired) electrons. The predicted molar refractivity (Wildman–Crippen MR) is 110 cm³/mol. The molecule has 30 heavy (non-hydrogen) atoms. The van der Waals surface area contributed by atoms with Crippen LogP contribution in [0.3, 0.4) is 0 Å². The lowest BCUT2D eigenvalue weighted by molar-refractivity contribution is -0.139. The number of nitrogens with zero attached hydrogens (tertiary/aromatic N) is 2. The molecule has 0 spiro atoms. The van der Waals surface area contributed by atoms with Crippen LogP contribution in [0.15, 0.2) is 52.9 Å². The molecule has 2 aromatic carbocycles. The Balaban J connectivity index is 1.36. The van der Waals surface area contributed by atoms with Crippen molar-refractivity contribution in [3.63, 3.8) is 0 Å². The van der Waals surface area contributed by atoms with Crippen LogP contribution in [0.4, 0.5) is 0 Å². The zero-order valence-electron chi connectivity index (χ0n) is 17.2. The Bertz CT molecular complexity index is 1030. The molecule has 1 aliphatic rings. The van der Waals surface area contributed by atoms with Gasteiger partial charge in [0.05, 0.1) is 12.1 Å². The minimum atomic E-state index is -0.997. The van der Waals surface area contributed by atoms with E-state index in [4.69, 9.17) is 19.1 Å². The topological polar surface area (TPSA) is 84.8 Å². The smallest absolute Gasteiger partial charge is 0.341 e. The van der Waals surface area contributed by atoms with Crippen molar-refractivity contribution in [3.8, 4) is 17.2 Å². The van der Waals surface area contributed by atoms with E-state index in [2.05, 4.69) is 11.9 Å². The maximum atomic E-state index is 10.6. The van der Waals surface area contributed by atoms with Crippen molar-refractivity contribution in [2.75, 3.05) is 6.61 Å². The van der Waals surface area contributed by atoms with E-state index in [0.29, 0.717) is 18.2 Å². The van der Waals surface area contributed by atoms with E-state index >= 15 is 0 Å². The summed E-state index contributed by atoms with van der Waals surface area (Å²) in [7, 11) is 0. The molecule has 4 rings (SSSR count). The summed E-state index contributed by atoms with van der Waals surface area (Å²) in [5.74, 6) is 0.877. The third-order valence-corrected chi connectivity index (χ3v) is 5.17. The van der Waals surface area contributed by atoms with Gasteiger partial charge in [0.25, 0.3) is 0 Å². The van der Waals surface area contributed by atoms with Gasteiger partial charge >= 0.3 is 5.97 Å². The van der Waals surface area contributed by atoms with E-state index in [1.54, 1.807) is 12.1 Å². The number of ether oxygens (including phenoxy) is 1. The quantitative estimate of drug-likeness (QED) is 0.556. The van der Waals surface area contributed by atoms with Crippen LogP contribution in [-0.2, 0) is 16.2 Å². The van der Waals surface area contributed by atoms with Crippen LogP contribution in [0.25, 0.3) is 11.5 Å². The monoisotopic (exact) mass is 408 g/mol. The first-order valence-electron chi connectivity index (χ1n) is 9.81. The highest BCUT2D eigenvalue weighted by atomic mass is 16.7. The summed E-state index contributed by atoms with van der Waals surface area (Å²) in [6.07, 6.45) is 0. The van der Waals surface area contributed by atoms with E-state index in [-0.39, 0.29) is 18.7 Å². The number of hydroxylamine groups is 2. The van der Waals surface area contributed by atoms with Crippen LogP contribution in [0.2, 0.25) is 0 Å². The maximum Gasteiger partial charge on any atom is 0.341 e. The molecular weight excluding hydrogens is 384 g/mol. The molecule has 2 heterocycles. The van der Waals surface area contributed by atoms with Crippen molar-refractivity contribution in [2.24, 2.45) is 0 Å². The van der Waals surface area contributed by atoms with Gasteiger partial charge in [-0.15, -0.1) is 0 Å². The number of carbonyl (C=O) groups is 1. The van der Waals surface area contributed by atoms with Crippen LogP contribution in [0.5, 0.6) is 5.75 Å². The molecule has 0 aliphatic carbocycles. The molecule has 0 saturated carbocycles. The molecule has 3 atom stereocenters. The second-order valence-electron chi connectivity index (χ2n) is 7.46. The molecule has 1 fully saturated rings. The second kappa shape index (κ2) is 8.30. The molecule has 1 N–H and O–H groups in total. The molecule has 0 amide bonds. The van der Waals surface area contributed by atoms with Gasteiger partial charge in [-0.2, -0.15) is 5.06 Å². The van der Waals surface area contributed by atoms with Gasteiger partial charge in [0.1, 0.15) is 23.8 Å². The van der Waals surface area contributed by atoms with Gasteiger partial charge in [-0.25, -0.2) is 9.78 Å². The predicted octanol–water partition coefficient (Wildman–Crippen LogP) is 4.30. The SMILES string of the molecule is Cc1ccc(-c2nc(CON3C(C)C3c3ccc(OCC(=O)O)cc3)c(C)o2)cc1. The minimum absolute atomic E-state index is 0.141. The van der Waals surface area contributed by atoms with Crippen LogP contribution in [-0.4, -0.2) is 33.8 Å². The first kappa shape index (κ1) is 20.1. The van der Waals surface area contributed by atoms with Crippen LogP contribution in [0, 0.1) is 13.8 Å². The Kier molecular flexibility index (Phi) is 5.57. The third-order valence-electron chi connectivity index (χ3n) is 5.17. The highest BCUT2D eigenvalue weighted by Gasteiger charge is 2.46. The molecule has 3 aromatic rings. The number of rotatable bonds is 8. The average Bonchev–Trinajstić information content (AvgIpc) is 3.22. The zero-order chi connectivity index (χ0) is 21.3. The van der Waals surface area contributed by atoms with E-state index in [1.165, 1.54) is 5.56 Å². The summed E-state index contributed by atoms with van der Waals surface area (Å²) in [5, 5.41) is 10.6. The second-order valence-corrected chi connectivity index (χ2v) is 7.46.